The minimum Gasteiger partial charge on any atom is -0.309 e. The summed E-state index contributed by atoms with van der Waals surface area (Å²) in [6, 6.07) is 56.2. The van der Waals surface area contributed by atoms with Gasteiger partial charge in [0, 0.05) is 37.1 Å². The molecule has 1 aliphatic heterocycles. The van der Waals surface area contributed by atoms with Crippen LogP contribution in [0.5, 0.6) is 0 Å². The lowest BCUT2D eigenvalue weighted by molar-refractivity contribution is 0.0429. The molecule has 0 aromatic heterocycles. The molecule has 200 valence electrons. The Labute approximate surface area is 239 Å². The van der Waals surface area contributed by atoms with Gasteiger partial charge in [-0.25, -0.2) is 0 Å². The molecule has 6 rings (SSSR count). The molecule has 0 amide bonds. The molecule has 1 saturated heterocycles. The average molecular weight is 523 g/mol. The van der Waals surface area contributed by atoms with Crippen molar-refractivity contribution in [2.75, 3.05) is 6.54 Å². The standard InChI is InChI=1S/C38H38N2/c1-6-16-30(17-7-1)26-27-40-36(32-20-10-3-11-21-32)28-35(39-29-31-18-8-2-9-19-31)37(33-22-12-4-13-23-33)38(40)34-24-14-5-15-25-34/h1-25,35-39H,26-29H2/t35-,36-,37-,38-/m1/s1. The van der Waals surface area contributed by atoms with Crippen LogP contribution in [-0.4, -0.2) is 17.5 Å². The van der Waals surface area contributed by atoms with Gasteiger partial charge in [0.05, 0.1) is 0 Å². The Morgan fingerprint density at radius 2 is 1.00 bits per heavy atom. The Balaban J connectivity index is 1.44. The fraction of sp³-hybridized carbons (Fsp3) is 0.211. The van der Waals surface area contributed by atoms with Crippen LogP contribution in [0.4, 0.5) is 0 Å². The first-order chi connectivity index (χ1) is 19.9. The van der Waals surface area contributed by atoms with E-state index in [0.29, 0.717) is 18.0 Å². The minimum absolute atomic E-state index is 0.236. The molecule has 0 radical (unpaired) electrons. The van der Waals surface area contributed by atoms with Crippen LogP contribution in [0.1, 0.15) is 52.2 Å². The Bertz CT molecular complexity index is 1420. The van der Waals surface area contributed by atoms with E-state index in [1.54, 1.807) is 0 Å². The maximum atomic E-state index is 4.05. The van der Waals surface area contributed by atoms with E-state index in [4.69, 9.17) is 0 Å². The van der Waals surface area contributed by atoms with Gasteiger partial charge in [-0.05, 0) is 40.7 Å². The van der Waals surface area contributed by atoms with Gasteiger partial charge in [-0.1, -0.05) is 152 Å². The number of benzene rings is 5. The zero-order chi connectivity index (χ0) is 27.0. The SMILES string of the molecule is c1ccc(CCN2[C@@H](c3ccccc3)C[C@@H](NCc3ccccc3)[C@@H](c3ccccc3)[C@H]2c2ccccc2)cc1. The highest BCUT2D eigenvalue weighted by atomic mass is 15.2. The molecular formula is C38H38N2. The summed E-state index contributed by atoms with van der Waals surface area (Å²) < 4.78 is 0. The van der Waals surface area contributed by atoms with E-state index in [-0.39, 0.29) is 6.04 Å². The highest BCUT2D eigenvalue weighted by molar-refractivity contribution is 5.34. The van der Waals surface area contributed by atoms with E-state index in [0.717, 1.165) is 25.9 Å². The molecule has 4 atom stereocenters. The molecule has 40 heavy (non-hydrogen) atoms. The van der Waals surface area contributed by atoms with Crippen LogP contribution in [0, 0.1) is 0 Å². The number of piperidine rings is 1. The van der Waals surface area contributed by atoms with Crippen molar-refractivity contribution in [1.29, 1.82) is 0 Å². The van der Waals surface area contributed by atoms with Gasteiger partial charge < -0.3 is 5.32 Å². The van der Waals surface area contributed by atoms with Gasteiger partial charge in [0.2, 0.25) is 0 Å². The Morgan fingerprint density at radius 1 is 0.525 bits per heavy atom. The van der Waals surface area contributed by atoms with E-state index in [1.807, 2.05) is 0 Å². The molecule has 1 aliphatic rings. The second-order valence-corrected chi connectivity index (χ2v) is 10.9. The quantitative estimate of drug-likeness (QED) is 0.209. The van der Waals surface area contributed by atoms with Gasteiger partial charge in [0.1, 0.15) is 0 Å². The fourth-order valence-electron chi connectivity index (χ4n) is 6.54. The molecule has 1 N–H and O–H groups in total. The van der Waals surface area contributed by atoms with Crippen LogP contribution in [-0.2, 0) is 13.0 Å². The molecule has 1 fully saturated rings. The average Bonchev–Trinajstić information content (AvgIpc) is 3.04. The predicted molar refractivity (Wildman–Crippen MR) is 166 cm³/mol. The lowest BCUT2D eigenvalue weighted by atomic mass is 9.73. The third-order valence-corrected chi connectivity index (χ3v) is 8.43. The van der Waals surface area contributed by atoms with Gasteiger partial charge in [0.25, 0.3) is 0 Å². The monoisotopic (exact) mass is 522 g/mol. The Morgan fingerprint density at radius 3 is 1.57 bits per heavy atom. The maximum absolute atomic E-state index is 4.05. The number of nitrogens with zero attached hydrogens (tertiary/aromatic N) is 1. The summed E-state index contributed by atoms with van der Waals surface area (Å²) in [6.45, 7) is 1.86. The van der Waals surface area contributed by atoms with Gasteiger partial charge in [-0.3, -0.25) is 4.90 Å². The molecular weight excluding hydrogens is 484 g/mol. The summed E-state index contributed by atoms with van der Waals surface area (Å²) >= 11 is 0. The number of likely N-dealkylation sites (tertiary alicyclic amines) is 1. The highest BCUT2D eigenvalue weighted by Crippen LogP contribution is 2.49. The molecule has 5 aromatic rings. The lowest BCUT2D eigenvalue weighted by Gasteiger charge is -2.51. The summed E-state index contributed by atoms with van der Waals surface area (Å²) in [6.07, 6.45) is 2.08. The maximum Gasteiger partial charge on any atom is 0.0437 e. The topological polar surface area (TPSA) is 15.3 Å². The third kappa shape index (κ3) is 6.09. The van der Waals surface area contributed by atoms with Gasteiger partial charge in [-0.2, -0.15) is 0 Å². The Hall–Kier alpha value is -3.98. The molecule has 0 unspecified atom stereocenters. The van der Waals surface area contributed by atoms with Crippen molar-refractivity contribution in [3.8, 4) is 0 Å². The first kappa shape index (κ1) is 26.3. The molecule has 0 saturated carbocycles. The van der Waals surface area contributed by atoms with E-state index < -0.39 is 0 Å². The molecule has 5 aromatic carbocycles. The van der Waals surface area contributed by atoms with Crippen molar-refractivity contribution >= 4 is 0 Å². The molecule has 1 heterocycles. The van der Waals surface area contributed by atoms with Crippen LogP contribution in [0.25, 0.3) is 0 Å². The van der Waals surface area contributed by atoms with Gasteiger partial charge in [0.15, 0.2) is 0 Å². The van der Waals surface area contributed by atoms with Gasteiger partial charge in [-0.15, -0.1) is 0 Å². The largest absolute Gasteiger partial charge is 0.309 e. The van der Waals surface area contributed by atoms with Crippen LogP contribution in [0.2, 0.25) is 0 Å². The molecule has 0 spiro atoms. The molecule has 2 heteroatoms. The third-order valence-electron chi connectivity index (χ3n) is 8.43. The van der Waals surface area contributed by atoms with Gasteiger partial charge >= 0.3 is 0 Å². The van der Waals surface area contributed by atoms with Crippen molar-refractivity contribution in [3.05, 3.63) is 179 Å². The second kappa shape index (κ2) is 12.9. The summed E-state index contributed by atoms with van der Waals surface area (Å²) in [4.78, 5) is 2.80. The fourth-order valence-corrected chi connectivity index (χ4v) is 6.54. The van der Waals surface area contributed by atoms with E-state index in [1.165, 1.54) is 27.8 Å². The molecule has 2 nitrogen and oxygen atoms in total. The van der Waals surface area contributed by atoms with Crippen molar-refractivity contribution < 1.29 is 0 Å². The number of hydrogen-bond acceptors (Lipinski definition) is 2. The summed E-state index contributed by atoms with van der Waals surface area (Å²) in [5, 5.41) is 4.05. The van der Waals surface area contributed by atoms with E-state index >= 15 is 0 Å². The number of rotatable bonds is 9. The normalized spacial score (nSPS) is 21.2. The van der Waals surface area contributed by atoms with Crippen LogP contribution in [0.15, 0.2) is 152 Å². The lowest BCUT2D eigenvalue weighted by Crippen LogP contribution is -2.51. The van der Waals surface area contributed by atoms with Crippen molar-refractivity contribution in [1.82, 2.24) is 10.2 Å². The minimum atomic E-state index is 0.236. The van der Waals surface area contributed by atoms with Crippen LogP contribution < -0.4 is 5.32 Å². The van der Waals surface area contributed by atoms with Crippen LogP contribution in [0.3, 0.4) is 0 Å². The summed E-state index contributed by atoms with van der Waals surface area (Å²) in [5.41, 5.74) is 6.90. The van der Waals surface area contributed by atoms with Crippen molar-refractivity contribution in [3.63, 3.8) is 0 Å². The zero-order valence-electron chi connectivity index (χ0n) is 23.0. The van der Waals surface area contributed by atoms with E-state index in [9.17, 15) is 0 Å². The Kier molecular flexibility index (Phi) is 8.48. The van der Waals surface area contributed by atoms with E-state index in [2.05, 4.69) is 162 Å². The second-order valence-electron chi connectivity index (χ2n) is 10.9. The highest BCUT2D eigenvalue weighted by Gasteiger charge is 2.44. The first-order valence-corrected chi connectivity index (χ1v) is 14.6. The van der Waals surface area contributed by atoms with Crippen molar-refractivity contribution in [2.45, 2.75) is 43.4 Å². The summed E-state index contributed by atoms with van der Waals surface area (Å²) in [5.74, 6) is 0.308. The molecule has 0 aliphatic carbocycles. The van der Waals surface area contributed by atoms with Crippen molar-refractivity contribution in [2.24, 2.45) is 0 Å². The summed E-state index contributed by atoms with van der Waals surface area (Å²) in [7, 11) is 0. The predicted octanol–water partition coefficient (Wildman–Crippen LogP) is 8.36. The number of nitrogens with one attached hydrogen (secondary N) is 1. The zero-order valence-corrected chi connectivity index (χ0v) is 23.0. The smallest absolute Gasteiger partial charge is 0.0437 e. The molecule has 0 bridgehead atoms. The number of hydrogen-bond donors (Lipinski definition) is 1. The van der Waals surface area contributed by atoms with Crippen LogP contribution >= 0.6 is 0 Å². The first-order valence-electron chi connectivity index (χ1n) is 14.6.